The number of nitrogens with two attached hydrogens (primary N) is 2. The molecule has 0 spiro atoms. The number of fused-ring (bicyclic) bond motifs is 1. The molecule has 0 saturated heterocycles. The van der Waals surface area contributed by atoms with Crippen LogP contribution < -0.4 is 16.8 Å². The lowest BCUT2D eigenvalue weighted by molar-refractivity contribution is 0.0995. The van der Waals surface area contributed by atoms with Crippen molar-refractivity contribution in [1.29, 1.82) is 0 Å². The predicted molar refractivity (Wildman–Crippen MR) is 104 cm³/mol. The maximum absolute atomic E-state index is 11.8. The Morgan fingerprint density at radius 2 is 2.00 bits per heavy atom. The molecule has 0 aliphatic heterocycles. The van der Waals surface area contributed by atoms with E-state index in [1.54, 1.807) is 0 Å². The molecule has 142 valence electrons. The second-order valence-corrected chi connectivity index (χ2v) is 7.66. The number of nitrogens with one attached hydrogen (secondary N) is 1. The molecule has 2 aromatic heterocycles. The summed E-state index contributed by atoms with van der Waals surface area (Å²) >= 11 is 0. The Morgan fingerprint density at radius 3 is 2.81 bits per heavy atom. The fourth-order valence-corrected chi connectivity index (χ4v) is 4.20. The number of aromatic nitrogens is 3. The van der Waals surface area contributed by atoms with Gasteiger partial charge >= 0.3 is 0 Å². The summed E-state index contributed by atoms with van der Waals surface area (Å²) in [5.74, 6) is 0.497. The fraction of sp³-hybridized carbons (Fsp3) is 0.500. The highest BCUT2D eigenvalue weighted by molar-refractivity contribution is 5.96. The second kappa shape index (κ2) is 7.60. The summed E-state index contributed by atoms with van der Waals surface area (Å²) in [7, 11) is 0. The van der Waals surface area contributed by atoms with E-state index in [2.05, 4.69) is 26.6 Å². The average Bonchev–Trinajstić information content (AvgIpc) is 3.11. The number of amides is 1. The smallest absolute Gasteiger partial charge is 0.271 e. The van der Waals surface area contributed by atoms with Gasteiger partial charge in [0.2, 0.25) is 0 Å². The normalized spacial score (nSPS) is 21.7. The van der Waals surface area contributed by atoms with Gasteiger partial charge in [0.1, 0.15) is 5.82 Å². The number of anilines is 2. The fourth-order valence-electron chi connectivity index (χ4n) is 4.20. The number of primary amides is 1. The van der Waals surface area contributed by atoms with Crippen LogP contribution in [0.15, 0.2) is 18.2 Å². The third-order valence-electron chi connectivity index (χ3n) is 5.71. The van der Waals surface area contributed by atoms with E-state index in [9.17, 15) is 4.79 Å². The van der Waals surface area contributed by atoms with E-state index < -0.39 is 5.91 Å². The van der Waals surface area contributed by atoms with Gasteiger partial charge in [0.25, 0.3) is 5.91 Å². The molecule has 0 unspecified atom stereocenters. The molecule has 0 bridgehead atoms. The van der Waals surface area contributed by atoms with Gasteiger partial charge in [-0.05, 0) is 62.1 Å². The Balaban J connectivity index is 1.58. The molecule has 0 aromatic carbocycles. The van der Waals surface area contributed by atoms with E-state index in [0.717, 1.165) is 49.9 Å². The van der Waals surface area contributed by atoms with Gasteiger partial charge in [-0.25, -0.2) is 4.98 Å². The van der Waals surface area contributed by atoms with Crippen molar-refractivity contribution in [3.05, 3.63) is 40.8 Å². The van der Waals surface area contributed by atoms with Crippen molar-refractivity contribution in [3.8, 4) is 0 Å². The molecule has 7 heteroatoms. The number of rotatable bonds is 5. The molecule has 2 heterocycles. The second-order valence-electron chi connectivity index (χ2n) is 7.66. The van der Waals surface area contributed by atoms with Crippen LogP contribution in [0.4, 0.5) is 11.5 Å². The average molecular weight is 366 g/mol. The zero-order valence-corrected chi connectivity index (χ0v) is 15.4. The van der Waals surface area contributed by atoms with E-state index in [1.807, 2.05) is 12.1 Å². The van der Waals surface area contributed by atoms with E-state index in [1.165, 1.54) is 18.4 Å². The number of aryl methyl sites for hydroxylation is 2. The lowest BCUT2D eigenvalue weighted by atomic mass is 9.82. The molecule has 5 N–H and O–H groups in total. The van der Waals surface area contributed by atoms with Crippen LogP contribution in [0.1, 0.15) is 59.5 Å². The van der Waals surface area contributed by atoms with Crippen molar-refractivity contribution >= 4 is 17.4 Å². The van der Waals surface area contributed by atoms with E-state index in [4.69, 9.17) is 11.5 Å². The molecule has 1 fully saturated rings. The summed E-state index contributed by atoms with van der Waals surface area (Å²) in [6.45, 7) is 0. The molecule has 27 heavy (non-hydrogen) atoms. The minimum absolute atomic E-state index is 0.133. The summed E-state index contributed by atoms with van der Waals surface area (Å²) in [5.41, 5.74) is 15.7. The Morgan fingerprint density at radius 1 is 1.15 bits per heavy atom. The van der Waals surface area contributed by atoms with Crippen molar-refractivity contribution in [2.24, 2.45) is 17.4 Å². The van der Waals surface area contributed by atoms with Crippen molar-refractivity contribution in [1.82, 2.24) is 15.2 Å². The molecule has 2 aromatic rings. The number of carbonyl (C=O) groups excluding carboxylic acids is 1. The van der Waals surface area contributed by atoms with Gasteiger partial charge in [-0.3, -0.25) is 4.79 Å². The maximum atomic E-state index is 11.8. The molecule has 1 saturated carbocycles. The van der Waals surface area contributed by atoms with Crippen LogP contribution in [0.3, 0.4) is 0 Å². The van der Waals surface area contributed by atoms with Crippen LogP contribution in [0.25, 0.3) is 0 Å². The molecule has 2 aliphatic rings. The topological polar surface area (TPSA) is 120 Å². The lowest BCUT2D eigenvalue weighted by Gasteiger charge is -2.28. The van der Waals surface area contributed by atoms with E-state index in [0.29, 0.717) is 17.4 Å². The Hall–Kier alpha value is -2.54. The minimum Gasteiger partial charge on any atom is -0.364 e. The Labute approximate surface area is 159 Å². The SMILES string of the molecule is NC(=O)c1nnc(C[C@@H]2CCCC[C@@H]2N)cc1Nc1ccc2c(n1)CCC2. The molecule has 1 amide bonds. The molecule has 2 aliphatic carbocycles. The largest absolute Gasteiger partial charge is 0.364 e. The number of hydrogen-bond donors (Lipinski definition) is 3. The monoisotopic (exact) mass is 366 g/mol. The lowest BCUT2D eigenvalue weighted by Crippen LogP contribution is -2.34. The number of nitrogens with zero attached hydrogens (tertiary/aromatic N) is 3. The maximum Gasteiger partial charge on any atom is 0.271 e. The van der Waals surface area contributed by atoms with Gasteiger partial charge < -0.3 is 16.8 Å². The zero-order chi connectivity index (χ0) is 18.8. The minimum atomic E-state index is -0.605. The standard InChI is InChI=1S/C20H26N6O/c21-15-6-2-1-4-13(15)10-14-11-17(19(20(22)27)26-25-14)24-18-9-8-12-5-3-7-16(12)23-18/h8-9,11,13,15H,1-7,10,21H2,(H2,22,27)(H,23,24,25)/t13-,15-/m0/s1. The molecular weight excluding hydrogens is 340 g/mol. The first-order valence-corrected chi connectivity index (χ1v) is 9.78. The number of pyridine rings is 1. The van der Waals surface area contributed by atoms with Gasteiger partial charge in [0, 0.05) is 11.7 Å². The quantitative estimate of drug-likeness (QED) is 0.746. The first kappa shape index (κ1) is 17.9. The summed E-state index contributed by atoms with van der Waals surface area (Å²) < 4.78 is 0. The van der Waals surface area contributed by atoms with Crippen LogP contribution in [-0.4, -0.2) is 27.1 Å². The summed E-state index contributed by atoms with van der Waals surface area (Å²) in [6, 6.07) is 6.10. The molecular formula is C20H26N6O. The van der Waals surface area contributed by atoms with Crippen LogP contribution in [0, 0.1) is 5.92 Å². The van der Waals surface area contributed by atoms with Gasteiger partial charge in [-0.2, -0.15) is 5.10 Å². The van der Waals surface area contributed by atoms with Crippen molar-refractivity contribution in [3.63, 3.8) is 0 Å². The first-order valence-electron chi connectivity index (χ1n) is 9.78. The number of carbonyl (C=O) groups is 1. The Kier molecular flexibility index (Phi) is 5.03. The zero-order valence-electron chi connectivity index (χ0n) is 15.4. The van der Waals surface area contributed by atoms with E-state index >= 15 is 0 Å². The predicted octanol–water partition coefficient (Wildman–Crippen LogP) is 2.26. The van der Waals surface area contributed by atoms with Crippen LogP contribution in [0.2, 0.25) is 0 Å². The summed E-state index contributed by atoms with van der Waals surface area (Å²) in [4.78, 5) is 16.5. The molecule has 4 rings (SSSR count). The molecule has 2 atom stereocenters. The third kappa shape index (κ3) is 3.93. The van der Waals surface area contributed by atoms with Crippen LogP contribution in [0.5, 0.6) is 0 Å². The third-order valence-corrected chi connectivity index (χ3v) is 5.71. The highest BCUT2D eigenvalue weighted by atomic mass is 16.1. The van der Waals surface area contributed by atoms with Gasteiger partial charge in [0.05, 0.1) is 11.4 Å². The van der Waals surface area contributed by atoms with Gasteiger partial charge in [-0.15, -0.1) is 5.10 Å². The first-order chi connectivity index (χ1) is 13.1. The van der Waals surface area contributed by atoms with Crippen molar-refractivity contribution in [2.75, 3.05) is 5.32 Å². The van der Waals surface area contributed by atoms with Crippen molar-refractivity contribution in [2.45, 2.75) is 57.4 Å². The summed E-state index contributed by atoms with van der Waals surface area (Å²) in [5, 5.41) is 11.5. The molecule has 7 nitrogen and oxygen atoms in total. The van der Waals surface area contributed by atoms with Gasteiger partial charge in [0.15, 0.2) is 5.69 Å². The highest BCUT2D eigenvalue weighted by Gasteiger charge is 2.23. The van der Waals surface area contributed by atoms with Crippen molar-refractivity contribution < 1.29 is 4.79 Å². The van der Waals surface area contributed by atoms with E-state index in [-0.39, 0.29) is 11.7 Å². The highest BCUT2D eigenvalue weighted by Crippen LogP contribution is 2.28. The van der Waals surface area contributed by atoms with Crippen LogP contribution >= 0.6 is 0 Å². The van der Waals surface area contributed by atoms with Gasteiger partial charge in [-0.1, -0.05) is 18.9 Å². The summed E-state index contributed by atoms with van der Waals surface area (Å²) in [6.07, 6.45) is 8.54. The number of hydrogen-bond acceptors (Lipinski definition) is 6. The Bertz CT molecular complexity index is 852. The van der Waals surface area contributed by atoms with Crippen LogP contribution in [-0.2, 0) is 19.3 Å². The molecule has 0 radical (unpaired) electrons.